The molecule has 0 aliphatic heterocycles. The van der Waals surface area contributed by atoms with Crippen LogP contribution in [0.1, 0.15) is 33.5 Å². The van der Waals surface area contributed by atoms with Crippen molar-refractivity contribution in [2.75, 3.05) is 5.32 Å². The van der Waals surface area contributed by atoms with Crippen LogP contribution in [0.15, 0.2) is 72.8 Å². The molecule has 0 saturated carbocycles. The maximum absolute atomic E-state index is 12.3. The molecule has 0 unspecified atom stereocenters. The molecule has 0 bridgehead atoms. The number of rotatable bonds is 6. The normalized spacial score (nSPS) is 10.4. The lowest BCUT2D eigenvalue weighted by atomic mass is 10.1. The van der Waals surface area contributed by atoms with Gasteiger partial charge in [0.15, 0.2) is 0 Å². The lowest BCUT2D eigenvalue weighted by molar-refractivity contribution is -0.134. The molecule has 3 aromatic rings. The summed E-state index contributed by atoms with van der Waals surface area (Å²) >= 11 is 0. The quantitative estimate of drug-likeness (QED) is 0.483. The Morgan fingerprint density at radius 2 is 1.36 bits per heavy atom. The van der Waals surface area contributed by atoms with Gasteiger partial charge in [0, 0.05) is 17.7 Å². The van der Waals surface area contributed by atoms with Crippen molar-refractivity contribution in [3.05, 3.63) is 95.1 Å². The van der Waals surface area contributed by atoms with Crippen molar-refractivity contribution in [3.8, 4) is 5.75 Å². The van der Waals surface area contributed by atoms with E-state index >= 15 is 0 Å². The summed E-state index contributed by atoms with van der Waals surface area (Å²) in [4.78, 5) is 24.3. The lowest BCUT2D eigenvalue weighted by Gasteiger charge is -2.08. The van der Waals surface area contributed by atoms with Crippen LogP contribution in [0.5, 0.6) is 5.75 Å². The van der Waals surface area contributed by atoms with E-state index in [1.54, 1.807) is 24.3 Å². The number of hydrogen-bond donors (Lipinski definition) is 1. The molecule has 0 aromatic heterocycles. The molecule has 0 radical (unpaired) electrons. The van der Waals surface area contributed by atoms with Gasteiger partial charge in [0.05, 0.1) is 0 Å². The van der Waals surface area contributed by atoms with Crippen LogP contribution in [-0.4, -0.2) is 11.9 Å². The smallest absolute Gasteiger partial charge is 0.311 e. The number of hydrogen-bond acceptors (Lipinski definition) is 3. The fourth-order valence-corrected chi connectivity index (χ4v) is 2.70. The second-order valence-corrected chi connectivity index (χ2v) is 6.80. The molecule has 0 aliphatic carbocycles. The summed E-state index contributed by atoms with van der Waals surface area (Å²) in [6.07, 6.45) is 0.939. The van der Waals surface area contributed by atoms with E-state index in [1.165, 1.54) is 5.56 Å². The first-order valence-corrected chi connectivity index (χ1v) is 9.24. The molecular weight excluding hydrogens is 350 g/mol. The number of aryl methyl sites for hydroxylation is 3. The van der Waals surface area contributed by atoms with E-state index in [0.29, 0.717) is 24.2 Å². The average molecular weight is 373 g/mol. The topological polar surface area (TPSA) is 55.4 Å². The summed E-state index contributed by atoms with van der Waals surface area (Å²) in [6.45, 7) is 4.02. The fraction of sp³-hybridized carbons (Fsp3) is 0.167. The van der Waals surface area contributed by atoms with Crippen LogP contribution in [0, 0.1) is 13.8 Å². The highest BCUT2D eigenvalue weighted by molar-refractivity contribution is 6.04. The summed E-state index contributed by atoms with van der Waals surface area (Å²) in [7, 11) is 0. The van der Waals surface area contributed by atoms with Gasteiger partial charge in [-0.05, 0) is 62.2 Å². The van der Waals surface area contributed by atoms with Crippen molar-refractivity contribution in [1.29, 1.82) is 0 Å². The van der Waals surface area contributed by atoms with Crippen molar-refractivity contribution in [2.45, 2.75) is 26.7 Å². The number of carbonyl (C=O) groups excluding carboxylic acids is 2. The van der Waals surface area contributed by atoms with Crippen LogP contribution in [-0.2, 0) is 11.2 Å². The van der Waals surface area contributed by atoms with Gasteiger partial charge in [0.2, 0.25) is 0 Å². The molecule has 0 heterocycles. The zero-order valence-corrected chi connectivity index (χ0v) is 16.1. The third-order valence-corrected chi connectivity index (χ3v) is 4.40. The van der Waals surface area contributed by atoms with Crippen molar-refractivity contribution in [2.24, 2.45) is 0 Å². The molecule has 0 spiro atoms. The monoisotopic (exact) mass is 373 g/mol. The van der Waals surface area contributed by atoms with Gasteiger partial charge < -0.3 is 10.1 Å². The predicted molar refractivity (Wildman–Crippen MR) is 111 cm³/mol. The molecule has 0 atom stereocenters. The van der Waals surface area contributed by atoms with Gasteiger partial charge in [0.1, 0.15) is 5.75 Å². The minimum absolute atomic E-state index is 0.207. The molecule has 4 heteroatoms. The van der Waals surface area contributed by atoms with Crippen molar-refractivity contribution in [1.82, 2.24) is 0 Å². The minimum Gasteiger partial charge on any atom is -0.427 e. The summed E-state index contributed by atoms with van der Waals surface area (Å²) in [5, 5.41) is 2.84. The first-order valence-electron chi connectivity index (χ1n) is 9.24. The molecule has 0 saturated heterocycles. The van der Waals surface area contributed by atoms with Gasteiger partial charge in [-0.1, -0.05) is 47.5 Å². The van der Waals surface area contributed by atoms with Crippen LogP contribution >= 0.6 is 0 Å². The van der Waals surface area contributed by atoms with E-state index in [-0.39, 0.29) is 11.9 Å². The van der Waals surface area contributed by atoms with Gasteiger partial charge in [-0.25, -0.2) is 0 Å². The Kier molecular flexibility index (Phi) is 6.22. The van der Waals surface area contributed by atoms with E-state index in [1.807, 2.05) is 62.4 Å². The Bertz CT molecular complexity index is 943. The summed E-state index contributed by atoms with van der Waals surface area (Å²) in [5.74, 6) is -0.0701. The average Bonchev–Trinajstić information content (AvgIpc) is 2.70. The van der Waals surface area contributed by atoms with Crippen molar-refractivity contribution < 1.29 is 14.3 Å². The molecule has 1 N–H and O–H groups in total. The van der Waals surface area contributed by atoms with Crippen LogP contribution in [0.4, 0.5) is 5.69 Å². The highest BCUT2D eigenvalue weighted by atomic mass is 16.5. The number of ether oxygens (including phenoxy) is 1. The van der Waals surface area contributed by atoms with E-state index in [9.17, 15) is 9.59 Å². The number of esters is 1. The maximum atomic E-state index is 12.3. The van der Waals surface area contributed by atoms with Crippen molar-refractivity contribution >= 4 is 17.6 Å². The van der Waals surface area contributed by atoms with E-state index in [0.717, 1.165) is 16.8 Å². The van der Waals surface area contributed by atoms with E-state index in [4.69, 9.17) is 4.74 Å². The first-order chi connectivity index (χ1) is 13.5. The SMILES string of the molecule is Cc1ccc(CCC(=O)Oc2ccc(C(=O)Nc3ccc(C)cc3)cc2)cc1. The predicted octanol–water partition coefficient (Wildman–Crippen LogP) is 5.09. The Labute approximate surface area is 165 Å². The summed E-state index contributed by atoms with van der Waals surface area (Å²) in [5.41, 5.74) is 4.66. The highest BCUT2D eigenvalue weighted by Gasteiger charge is 2.09. The highest BCUT2D eigenvalue weighted by Crippen LogP contribution is 2.16. The standard InChI is InChI=1S/C24H23NO3/c1-17-3-7-19(8-4-17)9-16-23(26)28-22-14-10-20(11-15-22)24(27)25-21-12-5-18(2)6-13-21/h3-8,10-15H,9,16H2,1-2H3,(H,25,27). The fourth-order valence-electron chi connectivity index (χ4n) is 2.70. The Balaban J connectivity index is 1.51. The van der Waals surface area contributed by atoms with Crippen molar-refractivity contribution in [3.63, 3.8) is 0 Å². The number of amides is 1. The molecule has 3 rings (SSSR count). The first kappa shape index (κ1) is 19.4. The molecule has 0 aliphatic rings. The second kappa shape index (κ2) is 9.00. The van der Waals surface area contributed by atoms with Gasteiger partial charge >= 0.3 is 5.97 Å². The second-order valence-electron chi connectivity index (χ2n) is 6.80. The van der Waals surface area contributed by atoms with Gasteiger partial charge in [0.25, 0.3) is 5.91 Å². The molecule has 0 fully saturated rings. The number of carbonyl (C=O) groups is 2. The third-order valence-electron chi connectivity index (χ3n) is 4.40. The maximum Gasteiger partial charge on any atom is 0.311 e. The Hall–Kier alpha value is -3.40. The molecule has 142 valence electrons. The summed E-state index contributed by atoms with van der Waals surface area (Å²) < 4.78 is 5.36. The number of anilines is 1. The third kappa shape index (κ3) is 5.55. The van der Waals surface area contributed by atoms with E-state index in [2.05, 4.69) is 5.32 Å². The zero-order chi connectivity index (χ0) is 19.9. The number of nitrogens with one attached hydrogen (secondary N) is 1. The minimum atomic E-state index is -0.294. The van der Waals surface area contributed by atoms with Crippen LogP contribution in [0.25, 0.3) is 0 Å². The lowest BCUT2D eigenvalue weighted by Crippen LogP contribution is -2.12. The Morgan fingerprint density at radius 1 is 0.786 bits per heavy atom. The van der Waals surface area contributed by atoms with Crippen LogP contribution in [0.3, 0.4) is 0 Å². The van der Waals surface area contributed by atoms with E-state index < -0.39 is 0 Å². The van der Waals surface area contributed by atoms with Gasteiger partial charge in [-0.3, -0.25) is 9.59 Å². The molecule has 3 aromatic carbocycles. The van der Waals surface area contributed by atoms with Crippen LogP contribution in [0.2, 0.25) is 0 Å². The van der Waals surface area contributed by atoms with Crippen LogP contribution < -0.4 is 10.1 Å². The molecule has 28 heavy (non-hydrogen) atoms. The molecular formula is C24H23NO3. The Morgan fingerprint density at radius 3 is 1.96 bits per heavy atom. The largest absolute Gasteiger partial charge is 0.427 e. The summed E-state index contributed by atoms with van der Waals surface area (Å²) in [6, 6.07) is 22.2. The molecule has 4 nitrogen and oxygen atoms in total. The van der Waals surface area contributed by atoms with Gasteiger partial charge in [-0.2, -0.15) is 0 Å². The zero-order valence-electron chi connectivity index (χ0n) is 16.1. The molecule has 1 amide bonds. The number of benzene rings is 3. The van der Waals surface area contributed by atoms with Gasteiger partial charge in [-0.15, -0.1) is 0 Å².